The molecule has 1 aromatic carbocycles. The van der Waals surface area contributed by atoms with Gasteiger partial charge in [-0.3, -0.25) is 4.90 Å². The Labute approximate surface area is 182 Å². The minimum atomic E-state index is -0.449. The van der Waals surface area contributed by atoms with Crippen molar-refractivity contribution < 1.29 is 9.13 Å². The van der Waals surface area contributed by atoms with Gasteiger partial charge in [-0.1, -0.05) is 19.1 Å². The van der Waals surface area contributed by atoms with Crippen LogP contribution in [0.1, 0.15) is 32.6 Å². The van der Waals surface area contributed by atoms with Crippen LogP contribution in [0.5, 0.6) is 5.75 Å². The second-order valence-electron chi connectivity index (χ2n) is 7.84. The third-order valence-electron chi connectivity index (χ3n) is 5.77. The molecule has 0 spiro atoms. The first kappa shape index (κ1) is 21.3. The first-order valence-electron chi connectivity index (χ1n) is 10.9. The molecule has 0 radical (unpaired) electrons. The first-order valence-corrected chi connectivity index (χ1v) is 10.9. The largest absolute Gasteiger partial charge is 0.494 e. The summed E-state index contributed by atoms with van der Waals surface area (Å²) in [7, 11) is 1.44. The van der Waals surface area contributed by atoms with Crippen LogP contribution in [0.4, 0.5) is 27.9 Å². The maximum Gasteiger partial charge on any atom is 0.233 e. The number of ether oxygens (including phenoxy) is 1. The number of hydrogen-bond donors (Lipinski definition) is 3. The Bertz CT molecular complexity index is 923. The van der Waals surface area contributed by atoms with Gasteiger partial charge in [0.25, 0.3) is 0 Å². The SMILES string of the molecule is CCN1CCCC1CNc1nc(Nc2ccc(OC)c(F)c2)nc(NC2C=CCC2)n1. The molecular weight excluding hydrogens is 397 g/mol. The monoisotopic (exact) mass is 427 g/mol. The van der Waals surface area contributed by atoms with E-state index in [2.05, 4.69) is 54.9 Å². The fourth-order valence-electron chi connectivity index (χ4n) is 4.12. The third-order valence-corrected chi connectivity index (χ3v) is 5.77. The number of halogens is 1. The average Bonchev–Trinajstić information content (AvgIpc) is 3.44. The zero-order chi connectivity index (χ0) is 21.6. The van der Waals surface area contributed by atoms with Crippen molar-refractivity contribution >= 4 is 23.5 Å². The molecule has 1 fully saturated rings. The van der Waals surface area contributed by atoms with E-state index < -0.39 is 5.82 Å². The lowest BCUT2D eigenvalue weighted by Crippen LogP contribution is -2.35. The summed E-state index contributed by atoms with van der Waals surface area (Å²) >= 11 is 0. The van der Waals surface area contributed by atoms with E-state index in [1.165, 1.54) is 26.0 Å². The van der Waals surface area contributed by atoms with E-state index in [0.29, 0.717) is 29.6 Å². The van der Waals surface area contributed by atoms with Crippen LogP contribution >= 0.6 is 0 Å². The normalized spacial score (nSPS) is 20.7. The van der Waals surface area contributed by atoms with Gasteiger partial charge in [-0.15, -0.1) is 0 Å². The number of benzene rings is 1. The van der Waals surface area contributed by atoms with Crippen LogP contribution in [0.25, 0.3) is 0 Å². The van der Waals surface area contributed by atoms with Gasteiger partial charge in [0, 0.05) is 30.4 Å². The molecule has 9 heteroatoms. The van der Waals surface area contributed by atoms with Crippen LogP contribution in [0.15, 0.2) is 30.4 Å². The predicted octanol–water partition coefficient (Wildman–Crippen LogP) is 3.79. The Morgan fingerprint density at radius 3 is 2.74 bits per heavy atom. The molecule has 2 unspecified atom stereocenters. The highest BCUT2D eigenvalue weighted by Gasteiger charge is 2.23. The quantitative estimate of drug-likeness (QED) is 0.521. The fourth-order valence-corrected chi connectivity index (χ4v) is 4.12. The van der Waals surface area contributed by atoms with Crippen molar-refractivity contribution in [3.8, 4) is 5.75 Å². The maximum atomic E-state index is 14.1. The molecule has 0 amide bonds. The van der Waals surface area contributed by atoms with Gasteiger partial charge < -0.3 is 20.7 Å². The molecule has 0 saturated carbocycles. The lowest BCUT2D eigenvalue weighted by atomic mass is 10.2. The topological polar surface area (TPSA) is 87.2 Å². The predicted molar refractivity (Wildman–Crippen MR) is 121 cm³/mol. The molecular formula is C22H30FN7O. The van der Waals surface area contributed by atoms with E-state index in [-0.39, 0.29) is 11.8 Å². The van der Waals surface area contributed by atoms with E-state index in [9.17, 15) is 4.39 Å². The maximum absolute atomic E-state index is 14.1. The molecule has 3 N–H and O–H groups in total. The Balaban J connectivity index is 1.52. The third kappa shape index (κ3) is 5.41. The summed E-state index contributed by atoms with van der Waals surface area (Å²) < 4.78 is 19.1. The summed E-state index contributed by atoms with van der Waals surface area (Å²) in [6.07, 6.45) is 8.71. The molecule has 2 aromatic rings. The number of aromatic nitrogens is 3. The minimum absolute atomic E-state index is 0.191. The molecule has 2 atom stereocenters. The highest BCUT2D eigenvalue weighted by Crippen LogP contribution is 2.24. The molecule has 1 aliphatic heterocycles. The van der Waals surface area contributed by atoms with Crippen LogP contribution < -0.4 is 20.7 Å². The number of nitrogens with one attached hydrogen (secondary N) is 3. The zero-order valence-electron chi connectivity index (χ0n) is 18.1. The molecule has 1 aliphatic carbocycles. The van der Waals surface area contributed by atoms with Gasteiger partial charge in [0.05, 0.1) is 7.11 Å². The number of rotatable bonds is 9. The van der Waals surface area contributed by atoms with Gasteiger partial charge in [0.1, 0.15) is 0 Å². The highest BCUT2D eigenvalue weighted by atomic mass is 19.1. The number of methoxy groups -OCH3 is 1. The number of hydrogen-bond acceptors (Lipinski definition) is 8. The molecule has 2 heterocycles. The number of nitrogens with zero attached hydrogens (tertiary/aromatic N) is 4. The summed E-state index contributed by atoms with van der Waals surface area (Å²) in [5.74, 6) is 1.08. The minimum Gasteiger partial charge on any atom is -0.494 e. The summed E-state index contributed by atoms with van der Waals surface area (Å²) in [6.45, 7) is 5.14. The number of anilines is 4. The van der Waals surface area contributed by atoms with Crippen molar-refractivity contribution in [1.29, 1.82) is 0 Å². The lowest BCUT2D eigenvalue weighted by molar-refractivity contribution is 0.277. The van der Waals surface area contributed by atoms with Crippen molar-refractivity contribution in [1.82, 2.24) is 19.9 Å². The van der Waals surface area contributed by atoms with Crippen LogP contribution in [-0.4, -0.2) is 58.7 Å². The van der Waals surface area contributed by atoms with E-state index in [4.69, 9.17) is 4.74 Å². The molecule has 4 rings (SSSR count). The van der Waals surface area contributed by atoms with Crippen molar-refractivity contribution in [2.24, 2.45) is 0 Å². The molecule has 2 aliphatic rings. The Morgan fingerprint density at radius 2 is 2.00 bits per heavy atom. The summed E-state index contributed by atoms with van der Waals surface area (Å²) in [5.41, 5.74) is 0.537. The summed E-state index contributed by atoms with van der Waals surface area (Å²) in [4.78, 5) is 16.0. The van der Waals surface area contributed by atoms with Gasteiger partial charge in [-0.25, -0.2) is 4.39 Å². The lowest BCUT2D eigenvalue weighted by Gasteiger charge is -2.23. The molecule has 1 saturated heterocycles. The number of likely N-dealkylation sites (tertiary alicyclic amines) is 1. The average molecular weight is 428 g/mol. The smallest absolute Gasteiger partial charge is 0.233 e. The molecule has 166 valence electrons. The second-order valence-corrected chi connectivity index (χ2v) is 7.84. The molecule has 1 aromatic heterocycles. The summed E-state index contributed by atoms with van der Waals surface area (Å²) in [5, 5.41) is 9.81. The Kier molecular flexibility index (Phi) is 6.81. The van der Waals surface area contributed by atoms with Crippen molar-refractivity contribution in [2.45, 2.75) is 44.7 Å². The molecule has 8 nitrogen and oxygen atoms in total. The summed E-state index contributed by atoms with van der Waals surface area (Å²) in [6, 6.07) is 5.33. The fraction of sp³-hybridized carbons (Fsp3) is 0.500. The van der Waals surface area contributed by atoms with E-state index in [0.717, 1.165) is 32.5 Å². The highest BCUT2D eigenvalue weighted by molar-refractivity contribution is 5.57. The van der Waals surface area contributed by atoms with E-state index in [1.807, 2.05) is 0 Å². The zero-order valence-corrected chi connectivity index (χ0v) is 18.1. The number of likely N-dealkylation sites (N-methyl/N-ethyl adjacent to an activating group) is 1. The van der Waals surface area contributed by atoms with E-state index in [1.54, 1.807) is 12.1 Å². The standard InChI is InChI=1S/C22H30FN7O/c1-3-30-12-6-9-17(30)14-24-20-27-21(25-15-7-4-5-8-15)29-22(28-20)26-16-10-11-19(31-2)18(23)13-16/h4,7,10-11,13,15,17H,3,5-6,8-9,12,14H2,1-2H3,(H3,24,25,26,27,28,29). The Hall–Kier alpha value is -2.94. The van der Waals surface area contributed by atoms with E-state index >= 15 is 0 Å². The van der Waals surface area contributed by atoms with Gasteiger partial charge in [0.15, 0.2) is 11.6 Å². The molecule has 0 bridgehead atoms. The van der Waals surface area contributed by atoms with Crippen LogP contribution in [0.3, 0.4) is 0 Å². The van der Waals surface area contributed by atoms with Crippen molar-refractivity contribution in [3.05, 3.63) is 36.2 Å². The van der Waals surface area contributed by atoms with Gasteiger partial charge >= 0.3 is 0 Å². The first-order chi connectivity index (χ1) is 15.1. The Morgan fingerprint density at radius 1 is 1.16 bits per heavy atom. The van der Waals surface area contributed by atoms with Gasteiger partial charge in [-0.2, -0.15) is 15.0 Å². The second kappa shape index (κ2) is 9.91. The van der Waals surface area contributed by atoms with Crippen LogP contribution in [0, 0.1) is 5.82 Å². The van der Waals surface area contributed by atoms with Crippen molar-refractivity contribution in [3.63, 3.8) is 0 Å². The van der Waals surface area contributed by atoms with Crippen LogP contribution in [0.2, 0.25) is 0 Å². The van der Waals surface area contributed by atoms with Gasteiger partial charge in [-0.05, 0) is 50.9 Å². The molecule has 31 heavy (non-hydrogen) atoms. The van der Waals surface area contributed by atoms with Crippen molar-refractivity contribution in [2.75, 3.05) is 42.7 Å². The van der Waals surface area contributed by atoms with Crippen LogP contribution in [-0.2, 0) is 0 Å². The van der Waals surface area contributed by atoms with Gasteiger partial charge in [0.2, 0.25) is 17.8 Å². The number of allylic oxidation sites excluding steroid dienone is 1.